The molecule has 0 bridgehead atoms. The van der Waals surface area contributed by atoms with Crippen LogP contribution in [-0.2, 0) is 19.1 Å². The summed E-state index contributed by atoms with van der Waals surface area (Å²) in [6, 6.07) is 0. The smallest absolute Gasteiger partial charge is 0.306 e. The number of rotatable bonds is 42. The second-order valence-corrected chi connectivity index (χ2v) is 15.4. The molecule has 0 saturated heterocycles. The summed E-state index contributed by atoms with van der Waals surface area (Å²) in [6.45, 7) is 4.01. The van der Waals surface area contributed by atoms with Gasteiger partial charge in [-0.3, -0.25) is 9.59 Å². The largest absolute Gasteiger partial charge is 0.462 e. The van der Waals surface area contributed by atoms with Crippen LogP contribution in [0.5, 0.6) is 0 Å². The Labute approximate surface area is 335 Å². The van der Waals surface area contributed by atoms with Crippen molar-refractivity contribution >= 4 is 11.9 Å². The van der Waals surface area contributed by atoms with E-state index in [1.807, 2.05) is 0 Å². The van der Waals surface area contributed by atoms with E-state index < -0.39 is 6.10 Å². The fourth-order valence-corrected chi connectivity index (χ4v) is 6.62. The quantitative estimate of drug-likeness (QED) is 0.0381. The van der Waals surface area contributed by atoms with Gasteiger partial charge >= 0.3 is 11.9 Å². The van der Waals surface area contributed by atoms with E-state index in [-0.39, 0.29) is 25.2 Å². The average Bonchev–Trinajstić information content (AvgIpc) is 3.17. The van der Waals surface area contributed by atoms with E-state index in [1.54, 1.807) is 0 Å². The standard InChI is InChI=1S/C49H88O5/c1-3-5-7-9-11-13-15-17-18-19-20-21-22-23-24-25-26-27-28-29-30-32-33-35-37-39-41-43-48(51)53-46-47(45-50)54-49(52)44-42-40-38-36-34-31-16-14-12-10-8-6-4-2/h6,8,12,14,19-20,31,34,47,50H,3-5,7,9-11,13,15-18,21-30,32-33,35-46H2,1-2H3/b8-6-,14-12-,20-19-,34-31-. The predicted molar refractivity (Wildman–Crippen MR) is 233 cm³/mol. The normalized spacial score (nSPS) is 12.6. The Morgan fingerprint density at radius 2 is 0.796 bits per heavy atom. The van der Waals surface area contributed by atoms with Gasteiger partial charge in [-0.15, -0.1) is 0 Å². The zero-order valence-electron chi connectivity index (χ0n) is 35.7. The van der Waals surface area contributed by atoms with Crippen molar-refractivity contribution in [2.24, 2.45) is 0 Å². The van der Waals surface area contributed by atoms with E-state index in [9.17, 15) is 14.7 Å². The molecule has 0 spiro atoms. The van der Waals surface area contributed by atoms with Crippen LogP contribution in [0.25, 0.3) is 0 Å². The van der Waals surface area contributed by atoms with E-state index in [4.69, 9.17) is 9.47 Å². The molecular formula is C49H88O5. The molecular weight excluding hydrogens is 669 g/mol. The molecule has 0 aliphatic carbocycles. The summed E-state index contributed by atoms with van der Waals surface area (Å²) in [5.74, 6) is -0.621. The first-order valence-corrected chi connectivity index (χ1v) is 23.2. The monoisotopic (exact) mass is 757 g/mol. The molecule has 1 unspecified atom stereocenters. The minimum absolute atomic E-state index is 0.0769. The third kappa shape index (κ3) is 42.6. The van der Waals surface area contributed by atoms with Crippen LogP contribution in [0, 0.1) is 0 Å². The lowest BCUT2D eigenvalue weighted by molar-refractivity contribution is -0.161. The predicted octanol–water partition coefficient (Wildman–Crippen LogP) is 15.0. The van der Waals surface area contributed by atoms with Gasteiger partial charge in [0.2, 0.25) is 0 Å². The molecule has 0 amide bonds. The minimum Gasteiger partial charge on any atom is -0.462 e. The maximum Gasteiger partial charge on any atom is 0.306 e. The van der Waals surface area contributed by atoms with E-state index in [0.29, 0.717) is 12.8 Å². The van der Waals surface area contributed by atoms with Crippen molar-refractivity contribution in [3.63, 3.8) is 0 Å². The lowest BCUT2D eigenvalue weighted by atomic mass is 10.0. The molecule has 0 rings (SSSR count). The SMILES string of the molecule is CC/C=C\C/C=C\C/C=C\CCCCCC(=O)OC(CO)COC(=O)CCCCCCCCCCCCCCCCC/C=C\CCCCCCCCCC. The van der Waals surface area contributed by atoms with Crippen LogP contribution in [0.2, 0.25) is 0 Å². The third-order valence-corrected chi connectivity index (χ3v) is 10.1. The van der Waals surface area contributed by atoms with E-state index >= 15 is 0 Å². The lowest BCUT2D eigenvalue weighted by Crippen LogP contribution is -2.28. The first-order valence-electron chi connectivity index (χ1n) is 23.2. The van der Waals surface area contributed by atoms with Gasteiger partial charge in [0.05, 0.1) is 6.61 Å². The molecule has 0 fully saturated rings. The first-order chi connectivity index (χ1) is 26.6. The van der Waals surface area contributed by atoms with Crippen LogP contribution in [-0.4, -0.2) is 36.4 Å². The van der Waals surface area contributed by atoms with Crippen molar-refractivity contribution in [2.75, 3.05) is 13.2 Å². The highest BCUT2D eigenvalue weighted by Gasteiger charge is 2.16. The van der Waals surface area contributed by atoms with Crippen LogP contribution in [0.3, 0.4) is 0 Å². The van der Waals surface area contributed by atoms with Crippen molar-refractivity contribution in [3.05, 3.63) is 48.6 Å². The fraction of sp³-hybridized carbons (Fsp3) is 0.796. The maximum atomic E-state index is 12.2. The molecule has 5 nitrogen and oxygen atoms in total. The number of esters is 2. The zero-order valence-corrected chi connectivity index (χ0v) is 35.7. The number of unbranched alkanes of at least 4 members (excludes halogenated alkanes) is 26. The number of aliphatic hydroxyl groups is 1. The number of hydrogen-bond donors (Lipinski definition) is 1. The van der Waals surface area contributed by atoms with Gasteiger partial charge < -0.3 is 14.6 Å². The average molecular weight is 757 g/mol. The molecule has 0 aliphatic heterocycles. The number of ether oxygens (including phenoxy) is 2. The highest BCUT2D eigenvalue weighted by atomic mass is 16.6. The van der Waals surface area contributed by atoms with Gasteiger partial charge in [-0.2, -0.15) is 0 Å². The van der Waals surface area contributed by atoms with Gasteiger partial charge in [0.25, 0.3) is 0 Å². The van der Waals surface area contributed by atoms with Gasteiger partial charge in [0.15, 0.2) is 6.10 Å². The minimum atomic E-state index is -0.786. The Kier molecular flexibility index (Phi) is 43.5. The zero-order chi connectivity index (χ0) is 39.3. The second kappa shape index (κ2) is 45.3. The molecule has 0 aromatic carbocycles. The van der Waals surface area contributed by atoms with Gasteiger partial charge in [0.1, 0.15) is 6.61 Å². The van der Waals surface area contributed by atoms with Crippen molar-refractivity contribution in [1.29, 1.82) is 0 Å². The summed E-state index contributed by atoms with van der Waals surface area (Å²) in [7, 11) is 0. The molecule has 314 valence electrons. The Hall–Kier alpha value is -2.14. The molecule has 1 atom stereocenters. The molecule has 0 aromatic rings. The summed E-state index contributed by atoms with van der Waals surface area (Å²) in [5.41, 5.74) is 0. The van der Waals surface area contributed by atoms with Crippen LogP contribution in [0.1, 0.15) is 232 Å². The van der Waals surface area contributed by atoms with Crippen molar-refractivity contribution in [3.8, 4) is 0 Å². The number of aliphatic hydroxyl groups excluding tert-OH is 1. The summed E-state index contributed by atoms with van der Waals surface area (Å²) in [6.07, 6.45) is 57.8. The molecule has 0 saturated carbocycles. The molecule has 0 radical (unpaired) electrons. The summed E-state index contributed by atoms with van der Waals surface area (Å²) < 4.78 is 10.6. The highest BCUT2D eigenvalue weighted by Crippen LogP contribution is 2.15. The van der Waals surface area contributed by atoms with E-state index in [1.165, 1.54) is 141 Å². The number of allylic oxidation sites excluding steroid dienone is 8. The Bertz CT molecular complexity index is 904. The third-order valence-electron chi connectivity index (χ3n) is 10.1. The number of carbonyl (C=O) groups excluding carboxylic acids is 2. The first kappa shape index (κ1) is 51.9. The van der Waals surface area contributed by atoms with E-state index in [0.717, 1.165) is 64.2 Å². The number of carbonyl (C=O) groups is 2. The summed E-state index contributed by atoms with van der Waals surface area (Å²) in [5, 5.41) is 9.57. The fourth-order valence-electron chi connectivity index (χ4n) is 6.62. The van der Waals surface area contributed by atoms with Crippen molar-refractivity contribution in [2.45, 2.75) is 238 Å². The molecule has 0 aromatic heterocycles. The molecule has 54 heavy (non-hydrogen) atoms. The Balaban J connectivity index is 3.47. The van der Waals surface area contributed by atoms with Gasteiger partial charge in [0, 0.05) is 12.8 Å². The lowest BCUT2D eigenvalue weighted by Gasteiger charge is -2.15. The maximum absolute atomic E-state index is 12.2. The van der Waals surface area contributed by atoms with Crippen LogP contribution >= 0.6 is 0 Å². The number of hydrogen-bond acceptors (Lipinski definition) is 5. The summed E-state index contributed by atoms with van der Waals surface area (Å²) in [4.78, 5) is 24.3. The topological polar surface area (TPSA) is 72.8 Å². The van der Waals surface area contributed by atoms with Gasteiger partial charge in [-0.25, -0.2) is 0 Å². The second-order valence-electron chi connectivity index (χ2n) is 15.4. The van der Waals surface area contributed by atoms with Crippen LogP contribution < -0.4 is 0 Å². The molecule has 5 heteroatoms. The highest BCUT2D eigenvalue weighted by molar-refractivity contribution is 5.70. The molecule has 1 N–H and O–H groups in total. The van der Waals surface area contributed by atoms with Crippen LogP contribution in [0.15, 0.2) is 48.6 Å². The van der Waals surface area contributed by atoms with E-state index in [2.05, 4.69) is 62.5 Å². The summed E-state index contributed by atoms with van der Waals surface area (Å²) >= 11 is 0. The van der Waals surface area contributed by atoms with Crippen molar-refractivity contribution in [1.82, 2.24) is 0 Å². The Morgan fingerprint density at radius 3 is 1.24 bits per heavy atom. The van der Waals surface area contributed by atoms with Crippen LogP contribution in [0.4, 0.5) is 0 Å². The van der Waals surface area contributed by atoms with Gasteiger partial charge in [-0.1, -0.05) is 197 Å². The van der Waals surface area contributed by atoms with Gasteiger partial charge in [-0.05, 0) is 70.6 Å². The molecule has 0 aliphatic rings. The van der Waals surface area contributed by atoms with Crippen molar-refractivity contribution < 1.29 is 24.2 Å². The molecule has 0 heterocycles. The Morgan fingerprint density at radius 1 is 0.444 bits per heavy atom.